The summed E-state index contributed by atoms with van der Waals surface area (Å²) in [5.74, 6) is 0. The van der Waals surface area contributed by atoms with Crippen LogP contribution in [0.15, 0.2) is 24.5 Å². The van der Waals surface area contributed by atoms with Gasteiger partial charge in [0.05, 0.1) is 6.10 Å². The maximum atomic E-state index is 5.81. The standard InChI is InChI=1S/C11H18N2O/c1-9(2)14-11(3,8-12)10-5-4-6-13-7-10/h4-7,9H,8,12H2,1-3H3. The molecule has 0 aliphatic heterocycles. The number of rotatable bonds is 4. The van der Waals surface area contributed by atoms with E-state index in [0.29, 0.717) is 6.54 Å². The molecule has 78 valence electrons. The largest absolute Gasteiger partial charge is 0.367 e. The van der Waals surface area contributed by atoms with Crippen LogP contribution in [0.25, 0.3) is 0 Å². The van der Waals surface area contributed by atoms with Gasteiger partial charge in [0.25, 0.3) is 0 Å². The van der Waals surface area contributed by atoms with Crippen molar-refractivity contribution in [3.05, 3.63) is 30.1 Å². The number of aromatic nitrogens is 1. The summed E-state index contributed by atoms with van der Waals surface area (Å²) >= 11 is 0. The zero-order valence-corrected chi connectivity index (χ0v) is 9.03. The Hall–Kier alpha value is -0.930. The van der Waals surface area contributed by atoms with Crippen molar-refractivity contribution >= 4 is 0 Å². The number of nitrogens with zero attached hydrogens (tertiary/aromatic N) is 1. The molecule has 0 spiro atoms. The predicted molar refractivity (Wildman–Crippen MR) is 56.9 cm³/mol. The third-order valence-corrected chi connectivity index (χ3v) is 2.16. The van der Waals surface area contributed by atoms with Gasteiger partial charge in [-0.05, 0) is 26.8 Å². The molecule has 14 heavy (non-hydrogen) atoms. The number of pyridine rings is 1. The molecule has 0 radical (unpaired) electrons. The third kappa shape index (κ3) is 2.53. The van der Waals surface area contributed by atoms with Gasteiger partial charge < -0.3 is 10.5 Å². The van der Waals surface area contributed by atoms with Crippen LogP contribution in [0, 0.1) is 0 Å². The van der Waals surface area contributed by atoms with E-state index in [0.717, 1.165) is 5.56 Å². The van der Waals surface area contributed by atoms with Gasteiger partial charge in [0.2, 0.25) is 0 Å². The Morgan fingerprint density at radius 3 is 2.71 bits per heavy atom. The third-order valence-electron chi connectivity index (χ3n) is 2.16. The summed E-state index contributed by atoms with van der Waals surface area (Å²) in [4.78, 5) is 4.07. The van der Waals surface area contributed by atoms with Crippen LogP contribution in [-0.4, -0.2) is 17.6 Å². The number of nitrogens with two attached hydrogens (primary N) is 1. The van der Waals surface area contributed by atoms with Crippen LogP contribution in [-0.2, 0) is 10.3 Å². The fourth-order valence-electron chi connectivity index (χ4n) is 1.43. The first-order chi connectivity index (χ1) is 6.58. The highest BCUT2D eigenvalue weighted by Crippen LogP contribution is 2.24. The van der Waals surface area contributed by atoms with Gasteiger partial charge in [0.15, 0.2) is 0 Å². The highest BCUT2D eigenvalue weighted by molar-refractivity contribution is 5.17. The zero-order valence-electron chi connectivity index (χ0n) is 9.03. The van der Waals surface area contributed by atoms with Crippen LogP contribution in [0.1, 0.15) is 26.3 Å². The Morgan fingerprint density at radius 2 is 2.29 bits per heavy atom. The lowest BCUT2D eigenvalue weighted by Crippen LogP contribution is -2.37. The number of hydrogen-bond donors (Lipinski definition) is 1. The average molecular weight is 194 g/mol. The maximum absolute atomic E-state index is 5.81. The molecule has 1 atom stereocenters. The summed E-state index contributed by atoms with van der Waals surface area (Å²) in [6, 6.07) is 3.88. The van der Waals surface area contributed by atoms with Gasteiger partial charge in [-0.1, -0.05) is 6.07 Å². The molecule has 2 N–H and O–H groups in total. The lowest BCUT2D eigenvalue weighted by atomic mass is 9.97. The smallest absolute Gasteiger partial charge is 0.104 e. The summed E-state index contributed by atoms with van der Waals surface area (Å²) < 4.78 is 5.81. The molecule has 3 nitrogen and oxygen atoms in total. The predicted octanol–water partition coefficient (Wildman–Crippen LogP) is 1.68. The lowest BCUT2D eigenvalue weighted by Gasteiger charge is -2.30. The van der Waals surface area contributed by atoms with Gasteiger partial charge in [-0.3, -0.25) is 4.98 Å². The highest BCUT2D eigenvalue weighted by atomic mass is 16.5. The van der Waals surface area contributed by atoms with Crippen LogP contribution in [0.4, 0.5) is 0 Å². The molecule has 3 heteroatoms. The maximum Gasteiger partial charge on any atom is 0.104 e. The van der Waals surface area contributed by atoms with E-state index >= 15 is 0 Å². The van der Waals surface area contributed by atoms with Crippen LogP contribution in [0.3, 0.4) is 0 Å². The summed E-state index contributed by atoms with van der Waals surface area (Å²) in [5.41, 5.74) is 6.33. The monoisotopic (exact) mass is 194 g/mol. The molecule has 1 unspecified atom stereocenters. The molecule has 0 fully saturated rings. The van der Waals surface area contributed by atoms with E-state index in [1.807, 2.05) is 32.9 Å². The van der Waals surface area contributed by atoms with E-state index in [9.17, 15) is 0 Å². The Bertz CT molecular complexity index is 274. The molecule has 1 rings (SSSR count). The highest BCUT2D eigenvalue weighted by Gasteiger charge is 2.27. The first kappa shape index (κ1) is 11.1. The fourth-order valence-corrected chi connectivity index (χ4v) is 1.43. The molecule has 0 aliphatic carbocycles. The van der Waals surface area contributed by atoms with Crippen LogP contribution in [0.5, 0.6) is 0 Å². The van der Waals surface area contributed by atoms with Crippen LogP contribution in [0.2, 0.25) is 0 Å². The minimum Gasteiger partial charge on any atom is -0.367 e. The molecule has 1 heterocycles. The van der Waals surface area contributed by atoms with E-state index in [1.165, 1.54) is 0 Å². The second kappa shape index (κ2) is 4.53. The van der Waals surface area contributed by atoms with E-state index in [1.54, 1.807) is 12.4 Å². The molecule has 0 aromatic carbocycles. The molecule has 1 aromatic heterocycles. The van der Waals surface area contributed by atoms with Gasteiger partial charge in [0.1, 0.15) is 5.60 Å². The first-order valence-corrected chi connectivity index (χ1v) is 4.87. The van der Waals surface area contributed by atoms with Gasteiger partial charge in [-0.25, -0.2) is 0 Å². The first-order valence-electron chi connectivity index (χ1n) is 4.87. The van der Waals surface area contributed by atoms with Crippen LogP contribution >= 0.6 is 0 Å². The summed E-state index contributed by atoms with van der Waals surface area (Å²) in [6.07, 6.45) is 3.70. The summed E-state index contributed by atoms with van der Waals surface area (Å²) in [6.45, 7) is 6.45. The number of ether oxygens (including phenoxy) is 1. The SMILES string of the molecule is CC(C)OC(C)(CN)c1cccnc1. The summed E-state index contributed by atoms with van der Waals surface area (Å²) in [5, 5.41) is 0. The average Bonchev–Trinajstić information content (AvgIpc) is 2.18. The Labute approximate surface area is 85.3 Å². The normalized spacial score (nSPS) is 15.5. The number of hydrogen-bond acceptors (Lipinski definition) is 3. The van der Waals surface area contributed by atoms with Crippen LogP contribution < -0.4 is 5.73 Å². The zero-order chi connectivity index (χ0) is 10.6. The molecule has 0 aliphatic rings. The molecule has 0 bridgehead atoms. The Kier molecular flexibility index (Phi) is 3.61. The van der Waals surface area contributed by atoms with E-state index in [2.05, 4.69) is 4.98 Å². The van der Waals surface area contributed by atoms with E-state index < -0.39 is 5.60 Å². The van der Waals surface area contributed by atoms with Crippen molar-refractivity contribution < 1.29 is 4.74 Å². The van der Waals surface area contributed by atoms with Crippen molar-refractivity contribution in [3.8, 4) is 0 Å². The fraction of sp³-hybridized carbons (Fsp3) is 0.545. The molecule has 0 amide bonds. The van der Waals surface area contributed by atoms with Crippen molar-refractivity contribution in [3.63, 3.8) is 0 Å². The van der Waals surface area contributed by atoms with Crippen molar-refractivity contribution in [1.82, 2.24) is 4.98 Å². The van der Waals surface area contributed by atoms with Crippen molar-refractivity contribution in [1.29, 1.82) is 0 Å². The molecule has 1 aromatic rings. The Morgan fingerprint density at radius 1 is 1.57 bits per heavy atom. The van der Waals surface area contributed by atoms with Gasteiger partial charge in [-0.2, -0.15) is 0 Å². The van der Waals surface area contributed by atoms with E-state index in [-0.39, 0.29) is 6.10 Å². The van der Waals surface area contributed by atoms with E-state index in [4.69, 9.17) is 10.5 Å². The van der Waals surface area contributed by atoms with Gasteiger partial charge >= 0.3 is 0 Å². The second-order valence-electron chi connectivity index (χ2n) is 3.84. The van der Waals surface area contributed by atoms with Gasteiger partial charge in [-0.15, -0.1) is 0 Å². The van der Waals surface area contributed by atoms with Crippen molar-refractivity contribution in [2.45, 2.75) is 32.5 Å². The van der Waals surface area contributed by atoms with Crippen molar-refractivity contribution in [2.24, 2.45) is 5.73 Å². The Balaban J connectivity index is 2.90. The summed E-state index contributed by atoms with van der Waals surface area (Å²) in [7, 11) is 0. The molecule has 0 saturated carbocycles. The topological polar surface area (TPSA) is 48.1 Å². The minimum atomic E-state index is -0.428. The lowest BCUT2D eigenvalue weighted by molar-refractivity contribution is -0.0667. The van der Waals surface area contributed by atoms with Crippen molar-refractivity contribution in [2.75, 3.05) is 6.54 Å². The quantitative estimate of drug-likeness (QED) is 0.793. The molecular weight excluding hydrogens is 176 g/mol. The molecule has 0 saturated heterocycles. The second-order valence-corrected chi connectivity index (χ2v) is 3.84. The van der Waals surface area contributed by atoms with Gasteiger partial charge in [0, 0.05) is 24.5 Å². The molecular formula is C11H18N2O. The minimum absolute atomic E-state index is 0.156.